The van der Waals surface area contributed by atoms with Crippen molar-refractivity contribution >= 4 is 23.2 Å². The third-order valence-electron chi connectivity index (χ3n) is 4.79. The quantitative estimate of drug-likeness (QED) is 0.776. The summed E-state index contributed by atoms with van der Waals surface area (Å²) in [7, 11) is 3.07. The minimum atomic E-state index is -0.968. The number of rotatable bonds is 4. The van der Waals surface area contributed by atoms with Crippen LogP contribution in [0.1, 0.15) is 11.1 Å². The average molecular weight is 366 g/mol. The van der Waals surface area contributed by atoms with Crippen LogP contribution >= 0.6 is 0 Å². The van der Waals surface area contributed by atoms with Gasteiger partial charge >= 0.3 is 0 Å². The molecule has 2 heterocycles. The second-order valence-electron chi connectivity index (χ2n) is 6.39. The van der Waals surface area contributed by atoms with Crippen molar-refractivity contribution in [2.24, 2.45) is 11.1 Å². The van der Waals surface area contributed by atoms with Crippen molar-refractivity contribution in [1.82, 2.24) is 0 Å². The molecule has 7 heteroatoms. The highest BCUT2D eigenvalue weighted by Gasteiger charge is 2.56. The van der Waals surface area contributed by atoms with Crippen LogP contribution in [0.15, 0.2) is 47.6 Å². The molecular weight excluding hydrogens is 348 g/mol. The van der Waals surface area contributed by atoms with Gasteiger partial charge in [0, 0.05) is 5.56 Å². The lowest BCUT2D eigenvalue weighted by molar-refractivity contribution is -0.126. The Morgan fingerprint density at radius 2 is 1.74 bits per heavy atom. The second kappa shape index (κ2) is 6.42. The molecule has 0 radical (unpaired) electrons. The van der Waals surface area contributed by atoms with Gasteiger partial charge in [0.25, 0.3) is 5.91 Å². The second-order valence-corrected chi connectivity index (χ2v) is 6.39. The molecule has 0 unspecified atom stereocenters. The van der Waals surface area contributed by atoms with Gasteiger partial charge < -0.3 is 14.3 Å². The minimum absolute atomic E-state index is 0.365. The van der Waals surface area contributed by atoms with Crippen LogP contribution in [-0.2, 0) is 14.4 Å². The molecule has 0 bridgehead atoms. The summed E-state index contributed by atoms with van der Waals surface area (Å²) >= 11 is 0. The van der Waals surface area contributed by atoms with Crippen molar-refractivity contribution in [3.63, 3.8) is 0 Å². The van der Waals surface area contributed by atoms with Crippen molar-refractivity contribution in [2.75, 3.05) is 19.1 Å². The maximum absolute atomic E-state index is 13.1. The van der Waals surface area contributed by atoms with E-state index in [-0.39, 0.29) is 5.91 Å². The van der Waals surface area contributed by atoms with Gasteiger partial charge in [0.2, 0.25) is 12.0 Å². The lowest BCUT2D eigenvalue weighted by atomic mass is 9.93. The van der Waals surface area contributed by atoms with E-state index in [1.54, 1.807) is 37.4 Å². The van der Waals surface area contributed by atoms with Crippen LogP contribution in [0.4, 0.5) is 5.69 Å². The average Bonchev–Trinajstić information content (AvgIpc) is 3.22. The van der Waals surface area contributed by atoms with E-state index in [9.17, 15) is 9.59 Å². The summed E-state index contributed by atoms with van der Waals surface area (Å²) in [5.74, 6) is -0.499. The summed E-state index contributed by atoms with van der Waals surface area (Å²) in [5.41, 5.74) is 2.49. The Morgan fingerprint density at radius 3 is 2.41 bits per heavy atom. The third-order valence-corrected chi connectivity index (χ3v) is 4.79. The number of ether oxygens (including phenoxy) is 2. The van der Waals surface area contributed by atoms with E-state index in [1.807, 2.05) is 19.1 Å². The van der Waals surface area contributed by atoms with Crippen LogP contribution in [0.25, 0.3) is 0 Å². The number of oxime groups is 1. The van der Waals surface area contributed by atoms with Crippen LogP contribution in [0.2, 0.25) is 0 Å². The number of imide groups is 1. The fraction of sp³-hybridized carbons (Fsp3) is 0.250. The maximum Gasteiger partial charge on any atom is 0.278 e. The SMILES string of the molecule is COc1ccc(OC)c(C2=NO[C@H]3C(=O)N(c4ccc(C)cc4)C(=O)[C@@H]23)c1. The monoisotopic (exact) mass is 366 g/mol. The van der Waals surface area contributed by atoms with Gasteiger partial charge in [-0.15, -0.1) is 0 Å². The minimum Gasteiger partial charge on any atom is -0.497 e. The number of amides is 2. The molecule has 0 N–H and O–H groups in total. The van der Waals surface area contributed by atoms with E-state index in [1.165, 1.54) is 7.11 Å². The molecule has 138 valence electrons. The first-order valence-electron chi connectivity index (χ1n) is 8.45. The van der Waals surface area contributed by atoms with Crippen LogP contribution in [0.5, 0.6) is 11.5 Å². The molecular formula is C20H18N2O5. The molecule has 1 saturated heterocycles. The number of benzene rings is 2. The third kappa shape index (κ3) is 2.63. The molecule has 27 heavy (non-hydrogen) atoms. The number of nitrogens with zero attached hydrogens (tertiary/aromatic N) is 2. The van der Waals surface area contributed by atoms with E-state index in [0.29, 0.717) is 28.5 Å². The standard InChI is InChI=1S/C20H18N2O5/c1-11-4-6-12(7-5-11)22-19(23)16-17(21-27-18(16)20(22)24)14-10-13(25-2)8-9-15(14)26-3/h4-10,16,18H,1-3H3/t16-,18+/m0/s1. The Bertz CT molecular complexity index is 951. The number of anilines is 1. The fourth-order valence-corrected chi connectivity index (χ4v) is 3.36. The Morgan fingerprint density at radius 1 is 1.00 bits per heavy atom. The molecule has 2 atom stereocenters. The first-order valence-corrected chi connectivity index (χ1v) is 8.45. The van der Waals surface area contributed by atoms with Crippen molar-refractivity contribution in [3.8, 4) is 11.5 Å². The first-order chi connectivity index (χ1) is 13.0. The Labute approximate surface area is 156 Å². The van der Waals surface area contributed by atoms with E-state index >= 15 is 0 Å². The predicted octanol–water partition coefficient (Wildman–Crippen LogP) is 2.30. The number of carbonyl (C=O) groups excluding carboxylic acids is 2. The molecule has 1 fully saturated rings. The van der Waals surface area contributed by atoms with Gasteiger partial charge in [-0.25, -0.2) is 4.90 Å². The van der Waals surface area contributed by atoms with Crippen LogP contribution < -0.4 is 14.4 Å². The summed E-state index contributed by atoms with van der Waals surface area (Å²) in [6.45, 7) is 1.94. The zero-order valence-corrected chi connectivity index (χ0v) is 15.1. The number of hydrogen-bond donors (Lipinski definition) is 0. The number of carbonyl (C=O) groups is 2. The molecule has 2 aliphatic heterocycles. The lowest BCUT2D eigenvalue weighted by Crippen LogP contribution is -2.33. The summed E-state index contributed by atoms with van der Waals surface area (Å²) in [4.78, 5) is 32.4. The number of hydrogen-bond acceptors (Lipinski definition) is 6. The summed E-state index contributed by atoms with van der Waals surface area (Å²) in [6.07, 6.45) is -0.968. The largest absolute Gasteiger partial charge is 0.497 e. The molecule has 2 amide bonds. The summed E-state index contributed by atoms with van der Waals surface area (Å²) in [5, 5.41) is 4.03. The van der Waals surface area contributed by atoms with E-state index < -0.39 is 17.9 Å². The molecule has 0 spiro atoms. The number of aryl methyl sites for hydroxylation is 1. The normalized spacial score (nSPS) is 21.0. The van der Waals surface area contributed by atoms with Crippen molar-refractivity contribution in [3.05, 3.63) is 53.6 Å². The molecule has 0 aromatic heterocycles. The van der Waals surface area contributed by atoms with Gasteiger partial charge in [0.05, 0.1) is 19.9 Å². The Kier molecular flexibility index (Phi) is 4.07. The highest BCUT2D eigenvalue weighted by molar-refractivity contribution is 6.32. The number of fused-ring (bicyclic) bond motifs is 1. The van der Waals surface area contributed by atoms with Gasteiger partial charge in [-0.3, -0.25) is 9.59 Å². The predicted molar refractivity (Wildman–Crippen MR) is 98.1 cm³/mol. The molecule has 2 aromatic carbocycles. The first kappa shape index (κ1) is 17.1. The van der Waals surface area contributed by atoms with Crippen molar-refractivity contribution < 1.29 is 23.9 Å². The number of methoxy groups -OCH3 is 2. The van der Waals surface area contributed by atoms with Gasteiger partial charge in [0.1, 0.15) is 23.1 Å². The van der Waals surface area contributed by atoms with Crippen molar-refractivity contribution in [1.29, 1.82) is 0 Å². The molecule has 4 rings (SSSR count). The lowest BCUT2D eigenvalue weighted by Gasteiger charge is -2.16. The molecule has 2 aromatic rings. The van der Waals surface area contributed by atoms with E-state index in [0.717, 1.165) is 10.5 Å². The van der Waals surface area contributed by atoms with Gasteiger partial charge in [-0.1, -0.05) is 22.9 Å². The molecule has 7 nitrogen and oxygen atoms in total. The molecule has 0 aliphatic carbocycles. The highest BCUT2D eigenvalue weighted by Crippen LogP contribution is 2.38. The van der Waals surface area contributed by atoms with Crippen LogP contribution in [-0.4, -0.2) is 37.8 Å². The zero-order chi connectivity index (χ0) is 19.1. The summed E-state index contributed by atoms with van der Waals surface area (Å²) in [6, 6.07) is 12.4. The van der Waals surface area contributed by atoms with Gasteiger partial charge in [0.15, 0.2) is 0 Å². The van der Waals surface area contributed by atoms with Gasteiger partial charge in [-0.05, 0) is 37.3 Å². The van der Waals surface area contributed by atoms with E-state index in [4.69, 9.17) is 14.3 Å². The van der Waals surface area contributed by atoms with Crippen molar-refractivity contribution in [2.45, 2.75) is 13.0 Å². The van der Waals surface area contributed by atoms with E-state index in [2.05, 4.69) is 5.16 Å². The van der Waals surface area contributed by atoms with Gasteiger partial charge in [-0.2, -0.15) is 0 Å². The maximum atomic E-state index is 13.1. The Balaban J connectivity index is 1.73. The van der Waals surface area contributed by atoms with Crippen LogP contribution in [0.3, 0.4) is 0 Å². The smallest absolute Gasteiger partial charge is 0.278 e. The highest BCUT2D eigenvalue weighted by atomic mass is 16.7. The topological polar surface area (TPSA) is 77.4 Å². The fourth-order valence-electron chi connectivity index (χ4n) is 3.36. The zero-order valence-electron chi connectivity index (χ0n) is 15.1. The van der Waals surface area contributed by atoms with Crippen LogP contribution in [0, 0.1) is 12.8 Å². The Hall–Kier alpha value is -3.35. The summed E-state index contributed by atoms with van der Waals surface area (Å²) < 4.78 is 10.7. The molecule has 0 saturated carbocycles. The molecule has 2 aliphatic rings.